The number of primary amides is 1. The van der Waals surface area contributed by atoms with Crippen molar-refractivity contribution in [3.8, 4) is 0 Å². The maximum atomic E-state index is 14.7. The van der Waals surface area contributed by atoms with Crippen LogP contribution in [0.4, 0.5) is 0 Å². The predicted octanol–water partition coefficient (Wildman–Crippen LogP) is 2.41. The quantitative estimate of drug-likeness (QED) is 0.128. The lowest BCUT2D eigenvalue weighted by atomic mass is 9.83. The van der Waals surface area contributed by atoms with Crippen molar-refractivity contribution in [1.29, 1.82) is 0 Å². The molecule has 0 aromatic heterocycles. The van der Waals surface area contributed by atoms with E-state index < -0.39 is 89.6 Å². The van der Waals surface area contributed by atoms with Crippen LogP contribution in [-0.2, 0) is 33.5 Å². The van der Waals surface area contributed by atoms with E-state index in [1.165, 1.54) is 29.2 Å². The molecule has 1 saturated carbocycles. The molecule has 16 nitrogen and oxygen atoms in total. The second-order valence-electron chi connectivity index (χ2n) is 16.3. The van der Waals surface area contributed by atoms with Crippen molar-refractivity contribution in [3.63, 3.8) is 0 Å². The van der Waals surface area contributed by atoms with Gasteiger partial charge in [-0.3, -0.25) is 33.6 Å². The number of rotatable bonds is 17. The highest BCUT2D eigenvalue weighted by molar-refractivity contribution is 6.38. The maximum Gasteiger partial charge on any atom is 0.336 e. The lowest BCUT2D eigenvalue weighted by molar-refractivity contribution is -0.143. The Labute approximate surface area is 338 Å². The summed E-state index contributed by atoms with van der Waals surface area (Å²) in [5.41, 5.74) is 4.93. The molecule has 6 amide bonds. The van der Waals surface area contributed by atoms with Gasteiger partial charge in [0.15, 0.2) is 0 Å². The van der Waals surface area contributed by atoms with Gasteiger partial charge in [-0.1, -0.05) is 75.6 Å². The molecule has 1 aliphatic carbocycles. The summed E-state index contributed by atoms with van der Waals surface area (Å²) in [6.45, 7) is 8.43. The fraction of sp³-hybridized carbons (Fsp3) is 0.524. The SMILES string of the molecule is CC(C)CC(NC(=O)C1CC(OC(C)(C)C)CN1C(=O)C(NC(=O)c1ccccc1C(=O)O)C1CCCCC1)C(=O)C(=O)NCC(=O)NC(C(N)=O)c1ccccc1. The van der Waals surface area contributed by atoms with Crippen molar-refractivity contribution in [1.82, 2.24) is 26.2 Å². The van der Waals surface area contributed by atoms with Crippen LogP contribution in [0.5, 0.6) is 0 Å². The van der Waals surface area contributed by atoms with Crippen LogP contribution in [0, 0.1) is 11.8 Å². The largest absolute Gasteiger partial charge is 0.478 e. The highest BCUT2D eigenvalue weighted by atomic mass is 16.5. The van der Waals surface area contributed by atoms with Crippen molar-refractivity contribution in [3.05, 3.63) is 71.3 Å². The van der Waals surface area contributed by atoms with Gasteiger partial charge in [0.1, 0.15) is 18.1 Å². The zero-order valence-corrected chi connectivity index (χ0v) is 33.7. The fourth-order valence-electron chi connectivity index (χ4n) is 7.54. The number of hydrogen-bond acceptors (Lipinski definition) is 9. The van der Waals surface area contributed by atoms with Crippen LogP contribution in [0.2, 0.25) is 0 Å². The first-order chi connectivity index (χ1) is 27.4. The monoisotopic (exact) mass is 804 g/mol. The Balaban J connectivity index is 1.54. The molecule has 1 saturated heterocycles. The number of ether oxygens (including phenoxy) is 1. The van der Waals surface area contributed by atoms with Gasteiger partial charge in [-0.05, 0) is 69.6 Å². The second kappa shape index (κ2) is 20.2. The molecule has 0 bridgehead atoms. The van der Waals surface area contributed by atoms with Crippen LogP contribution >= 0.6 is 0 Å². The zero-order chi connectivity index (χ0) is 42.7. The van der Waals surface area contributed by atoms with E-state index in [-0.39, 0.29) is 42.3 Å². The van der Waals surface area contributed by atoms with Crippen LogP contribution in [0.25, 0.3) is 0 Å². The van der Waals surface area contributed by atoms with Crippen LogP contribution in [-0.4, -0.2) is 100 Å². The number of carbonyl (C=O) groups is 8. The van der Waals surface area contributed by atoms with E-state index in [0.29, 0.717) is 18.4 Å². The van der Waals surface area contributed by atoms with Gasteiger partial charge in [0.25, 0.3) is 11.8 Å². The number of likely N-dealkylation sites (tertiary alicyclic amines) is 1. The summed E-state index contributed by atoms with van der Waals surface area (Å²) in [6, 6.07) is 9.19. The first-order valence-electron chi connectivity index (χ1n) is 19.7. The summed E-state index contributed by atoms with van der Waals surface area (Å²) in [4.78, 5) is 107. The normalized spacial score (nSPS) is 18.7. The highest BCUT2D eigenvalue weighted by Gasteiger charge is 2.46. The standard InChI is InChI=1S/C42H56N6O10/c1-24(2)20-30(35(50)39(54)44-22-32(49)46-33(36(43)51)25-14-8-6-9-15-25)45-38(53)31-21-27(58-42(3,4)5)23-48(31)40(55)34(26-16-10-7-11-17-26)47-37(52)28-18-12-13-19-29(28)41(56)57/h6,8-9,12-15,18-19,24,26-27,30-31,33-34H,7,10-11,16-17,20-23H2,1-5H3,(H2,43,51)(H,44,54)(H,45,53)(H,46,49)(H,47,52)(H,56,57). The number of carboxylic acid groups (broad SMARTS) is 1. The smallest absolute Gasteiger partial charge is 0.336 e. The number of nitrogens with two attached hydrogens (primary N) is 1. The summed E-state index contributed by atoms with van der Waals surface area (Å²) in [7, 11) is 0. The van der Waals surface area contributed by atoms with Crippen LogP contribution in [0.3, 0.4) is 0 Å². The third kappa shape index (κ3) is 12.4. The Bertz CT molecular complexity index is 1840. The Kier molecular flexibility index (Phi) is 15.7. The Morgan fingerprint density at radius 1 is 0.862 bits per heavy atom. The minimum atomic E-state index is -1.33. The van der Waals surface area contributed by atoms with E-state index in [1.54, 1.807) is 44.2 Å². The first-order valence-corrected chi connectivity index (χ1v) is 19.7. The van der Waals surface area contributed by atoms with Gasteiger partial charge in [0, 0.05) is 13.0 Å². The third-order valence-corrected chi connectivity index (χ3v) is 10.1. The van der Waals surface area contributed by atoms with E-state index in [0.717, 1.165) is 19.3 Å². The molecule has 16 heteroatoms. The van der Waals surface area contributed by atoms with Gasteiger partial charge in [0.05, 0.1) is 35.4 Å². The number of nitrogens with one attached hydrogen (secondary N) is 4. The van der Waals surface area contributed by atoms with Gasteiger partial charge in [0.2, 0.25) is 29.4 Å². The number of ketones is 1. The Morgan fingerprint density at radius 3 is 2.07 bits per heavy atom. The molecule has 0 radical (unpaired) electrons. The number of carboxylic acids is 1. The van der Waals surface area contributed by atoms with E-state index in [9.17, 15) is 43.5 Å². The van der Waals surface area contributed by atoms with Crippen molar-refractivity contribution in [2.24, 2.45) is 17.6 Å². The molecule has 5 unspecified atom stereocenters. The number of Topliss-reactive ketones (excluding diaryl/α,β-unsaturated/α-hetero) is 1. The average Bonchev–Trinajstić information content (AvgIpc) is 3.60. The molecular formula is C42H56N6O10. The lowest BCUT2D eigenvalue weighted by Crippen LogP contribution is -2.58. The Hall–Kier alpha value is -5.64. The summed E-state index contributed by atoms with van der Waals surface area (Å²) in [5.74, 6) is -7.55. The van der Waals surface area contributed by atoms with Gasteiger partial charge >= 0.3 is 5.97 Å². The average molecular weight is 805 g/mol. The predicted molar refractivity (Wildman–Crippen MR) is 212 cm³/mol. The lowest BCUT2D eigenvalue weighted by Gasteiger charge is -2.35. The van der Waals surface area contributed by atoms with Crippen molar-refractivity contribution in [2.75, 3.05) is 13.1 Å². The molecule has 0 spiro atoms. The number of hydrogen-bond donors (Lipinski definition) is 6. The molecular weight excluding hydrogens is 748 g/mol. The molecule has 2 aromatic carbocycles. The minimum absolute atomic E-state index is 0.00728. The van der Waals surface area contributed by atoms with Gasteiger partial charge < -0.3 is 41.7 Å². The molecule has 1 heterocycles. The summed E-state index contributed by atoms with van der Waals surface area (Å²) in [6.07, 6.45) is 3.34. The van der Waals surface area contributed by atoms with Gasteiger partial charge in [-0.2, -0.15) is 0 Å². The second-order valence-corrected chi connectivity index (χ2v) is 16.3. The molecule has 1 aliphatic heterocycles. The van der Waals surface area contributed by atoms with Gasteiger partial charge in [-0.25, -0.2) is 4.79 Å². The van der Waals surface area contributed by atoms with Crippen LogP contribution in [0.15, 0.2) is 54.6 Å². The molecule has 58 heavy (non-hydrogen) atoms. The van der Waals surface area contributed by atoms with E-state index in [1.807, 2.05) is 20.8 Å². The molecule has 2 fully saturated rings. The third-order valence-electron chi connectivity index (χ3n) is 10.1. The topological polar surface area (TPSA) is 243 Å². The molecule has 2 aromatic rings. The molecule has 2 aliphatic rings. The Morgan fingerprint density at radius 2 is 1.48 bits per heavy atom. The zero-order valence-electron chi connectivity index (χ0n) is 33.7. The number of aromatic carboxylic acids is 1. The molecule has 7 N–H and O–H groups in total. The van der Waals surface area contributed by atoms with E-state index in [2.05, 4.69) is 21.3 Å². The van der Waals surface area contributed by atoms with E-state index in [4.69, 9.17) is 10.5 Å². The van der Waals surface area contributed by atoms with Crippen molar-refractivity contribution in [2.45, 2.75) is 115 Å². The summed E-state index contributed by atoms with van der Waals surface area (Å²) >= 11 is 0. The maximum absolute atomic E-state index is 14.7. The summed E-state index contributed by atoms with van der Waals surface area (Å²) in [5, 5.41) is 20.0. The number of nitrogens with zero attached hydrogens (tertiary/aromatic N) is 1. The number of benzene rings is 2. The molecule has 4 rings (SSSR count). The highest BCUT2D eigenvalue weighted by Crippen LogP contribution is 2.31. The van der Waals surface area contributed by atoms with Crippen molar-refractivity contribution >= 4 is 47.2 Å². The summed E-state index contributed by atoms with van der Waals surface area (Å²) < 4.78 is 6.23. The molecule has 314 valence electrons. The van der Waals surface area contributed by atoms with Crippen molar-refractivity contribution < 1.29 is 48.2 Å². The fourth-order valence-corrected chi connectivity index (χ4v) is 7.54. The minimum Gasteiger partial charge on any atom is -0.478 e. The molecule has 5 atom stereocenters. The first kappa shape index (κ1) is 45.1. The van der Waals surface area contributed by atoms with Crippen LogP contribution < -0.4 is 27.0 Å². The number of amides is 6. The van der Waals surface area contributed by atoms with Crippen LogP contribution in [0.1, 0.15) is 112 Å². The number of carbonyl (C=O) groups excluding carboxylic acids is 7. The van der Waals surface area contributed by atoms with Gasteiger partial charge in [-0.15, -0.1) is 0 Å². The van der Waals surface area contributed by atoms with E-state index >= 15 is 0 Å².